The number of para-hydroxylation sites is 1. The molecule has 0 bridgehead atoms. The number of hydrogen-bond acceptors (Lipinski definition) is 3. The topological polar surface area (TPSA) is 34.4 Å². The molecular weight excluding hydrogens is 252 g/mol. The molecule has 0 aliphatic heterocycles. The minimum absolute atomic E-state index is 0.118. The van der Waals surface area contributed by atoms with Crippen LogP contribution in [0.2, 0.25) is 0 Å². The molecular formula is C14H15F2NO2. The monoisotopic (exact) mass is 267 g/mol. The lowest BCUT2D eigenvalue weighted by atomic mass is 10.00. The molecule has 0 spiro atoms. The number of likely N-dealkylation sites (N-methyl/N-ethyl adjacent to an activating group) is 1. The van der Waals surface area contributed by atoms with Crippen molar-refractivity contribution in [2.24, 2.45) is 0 Å². The summed E-state index contributed by atoms with van der Waals surface area (Å²) in [4.78, 5) is 0. The highest BCUT2D eigenvalue weighted by atomic mass is 19.3. The Labute approximate surface area is 110 Å². The fourth-order valence-corrected chi connectivity index (χ4v) is 1.98. The van der Waals surface area contributed by atoms with Crippen molar-refractivity contribution in [1.29, 1.82) is 0 Å². The Balaban J connectivity index is 2.22. The second-order valence-corrected chi connectivity index (χ2v) is 4.09. The lowest BCUT2D eigenvalue weighted by Gasteiger charge is -2.19. The summed E-state index contributed by atoms with van der Waals surface area (Å²) in [6, 6.07) is 8.52. The van der Waals surface area contributed by atoms with Gasteiger partial charge in [0.25, 0.3) is 0 Å². The SMILES string of the molecule is CNC(Cc1ccoc1)c1ccccc1OC(F)F. The molecule has 1 aromatic carbocycles. The van der Waals surface area contributed by atoms with Crippen LogP contribution in [0.5, 0.6) is 5.75 Å². The van der Waals surface area contributed by atoms with Gasteiger partial charge in [-0.15, -0.1) is 0 Å². The molecule has 0 amide bonds. The van der Waals surface area contributed by atoms with Crippen molar-refractivity contribution >= 4 is 0 Å². The van der Waals surface area contributed by atoms with Gasteiger partial charge in [-0.3, -0.25) is 0 Å². The van der Waals surface area contributed by atoms with Gasteiger partial charge in [0.2, 0.25) is 0 Å². The second-order valence-electron chi connectivity index (χ2n) is 4.09. The highest BCUT2D eigenvalue weighted by Crippen LogP contribution is 2.28. The van der Waals surface area contributed by atoms with Crippen LogP contribution in [-0.2, 0) is 6.42 Å². The van der Waals surface area contributed by atoms with Crippen LogP contribution >= 0.6 is 0 Å². The Morgan fingerprint density at radius 2 is 2.05 bits per heavy atom. The van der Waals surface area contributed by atoms with Crippen molar-refractivity contribution in [3.63, 3.8) is 0 Å². The van der Waals surface area contributed by atoms with Gasteiger partial charge in [0.05, 0.1) is 12.5 Å². The fraction of sp³-hybridized carbons (Fsp3) is 0.286. The van der Waals surface area contributed by atoms with E-state index in [0.717, 1.165) is 5.56 Å². The zero-order valence-corrected chi connectivity index (χ0v) is 10.5. The van der Waals surface area contributed by atoms with Crippen molar-refractivity contribution in [2.75, 3.05) is 7.05 Å². The molecule has 0 saturated carbocycles. The molecule has 2 aromatic rings. The zero-order chi connectivity index (χ0) is 13.7. The van der Waals surface area contributed by atoms with Crippen LogP contribution in [0, 0.1) is 0 Å². The minimum atomic E-state index is -2.83. The molecule has 1 unspecified atom stereocenters. The smallest absolute Gasteiger partial charge is 0.387 e. The van der Waals surface area contributed by atoms with Crippen molar-refractivity contribution < 1.29 is 17.9 Å². The van der Waals surface area contributed by atoms with Crippen molar-refractivity contribution in [1.82, 2.24) is 5.32 Å². The Hall–Kier alpha value is -1.88. The molecule has 102 valence electrons. The normalized spacial score (nSPS) is 12.6. The molecule has 2 rings (SSSR count). The maximum absolute atomic E-state index is 12.4. The van der Waals surface area contributed by atoms with E-state index in [0.29, 0.717) is 12.0 Å². The van der Waals surface area contributed by atoms with Gasteiger partial charge in [-0.1, -0.05) is 18.2 Å². The van der Waals surface area contributed by atoms with E-state index in [-0.39, 0.29) is 11.8 Å². The van der Waals surface area contributed by atoms with Crippen LogP contribution in [0.4, 0.5) is 8.78 Å². The van der Waals surface area contributed by atoms with Gasteiger partial charge in [-0.05, 0) is 31.2 Å². The molecule has 0 radical (unpaired) electrons. The summed E-state index contributed by atoms with van der Waals surface area (Å²) in [6.07, 6.45) is 3.86. The number of halogens is 2. The van der Waals surface area contributed by atoms with E-state index >= 15 is 0 Å². The number of nitrogens with one attached hydrogen (secondary N) is 1. The molecule has 19 heavy (non-hydrogen) atoms. The van der Waals surface area contributed by atoms with E-state index in [4.69, 9.17) is 4.42 Å². The highest BCUT2D eigenvalue weighted by Gasteiger charge is 2.17. The maximum atomic E-state index is 12.4. The van der Waals surface area contributed by atoms with Crippen molar-refractivity contribution in [2.45, 2.75) is 19.1 Å². The van der Waals surface area contributed by atoms with Crippen LogP contribution in [0.1, 0.15) is 17.2 Å². The van der Waals surface area contributed by atoms with Gasteiger partial charge in [-0.25, -0.2) is 0 Å². The second kappa shape index (κ2) is 6.33. The van der Waals surface area contributed by atoms with Crippen LogP contribution in [0.15, 0.2) is 47.3 Å². The molecule has 1 N–H and O–H groups in total. The van der Waals surface area contributed by atoms with E-state index in [1.165, 1.54) is 0 Å². The average molecular weight is 267 g/mol. The van der Waals surface area contributed by atoms with Gasteiger partial charge >= 0.3 is 6.61 Å². The third-order valence-electron chi connectivity index (χ3n) is 2.88. The van der Waals surface area contributed by atoms with Gasteiger partial charge in [0, 0.05) is 11.6 Å². The Morgan fingerprint density at radius 1 is 1.26 bits per heavy atom. The van der Waals surface area contributed by atoms with E-state index in [1.807, 2.05) is 6.07 Å². The first-order valence-corrected chi connectivity index (χ1v) is 5.92. The summed E-state index contributed by atoms with van der Waals surface area (Å²) in [7, 11) is 1.78. The zero-order valence-electron chi connectivity index (χ0n) is 10.5. The van der Waals surface area contributed by atoms with E-state index in [2.05, 4.69) is 10.1 Å². The first-order chi connectivity index (χ1) is 9.20. The first kappa shape index (κ1) is 13.5. The summed E-state index contributed by atoms with van der Waals surface area (Å²) in [6.45, 7) is -2.83. The standard InChI is InChI=1S/C14H15F2NO2/c1-17-12(8-10-6-7-18-9-10)11-4-2-3-5-13(11)19-14(15)16/h2-7,9,12,14,17H,8H2,1H3. The molecule has 1 aromatic heterocycles. The Bertz CT molecular complexity index is 500. The highest BCUT2D eigenvalue weighted by molar-refractivity contribution is 5.36. The number of hydrogen-bond donors (Lipinski definition) is 1. The summed E-state index contributed by atoms with van der Waals surface area (Å²) in [5.74, 6) is 0.195. The van der Waals surface area contributed by atoms with E-state index < -0.39 is 6.61 Å². The molecule has 0 aliphatic rings. The van der Waals surface area contributed by atoms with Crippen molar-refractivity contribution in [3.8, 4) is 5.75 Å². The van der Waals surface area contributed by atoms with Crippen LogP contribution in [0.25, 0.3) is 0 Å². The third-order valence-corrected chi connectivity index (χ3v) is 2.88. The lowest BCUT2D eigenvalue weighted by molar-refractivity contribution is -0.0507. The molecule has 0 saturated heterocycles. The summed E-state index contributed by atoms with van der Waals surface area (Å²) < 4.78 is 34.3. The number of alkyl halides is 2. The predicted molar refractivity (Wildman–Crippen MR) is 67.3 cm³/mol. The Morgan fingerprint density at radius 3 is 2.68 bits per heavy atom. The largest absolute Gasteiger partial charge is 0.472 e. The van der Waals surface area contributed by atoms with Crippen LogP contribution < -0.4 is 10.1 Å². The minimum Gasteiger partial charge on any atom is -0.472 e. The number of rotatable bonds is 6. The fourth-order valence-electron chi connectivity index (χ4n) is 1.98. The quantitative estimate of drug-likeness (QED) is 0.871. The van der Waals surface area contributed by atoms with Crippen LogP contribution in [0.3, 0.4) is 0 Å². The van der Waals surface area contributed by atoms with Gasteiger partial charge in [0.1, 0.15) is 5.75 Å². The third kappa shape index (κ3) is 3.54. The average Bonchev–Trinajstić information content (AvgIpc) is 2.89. The first-order valence-electron chi connectivity index (χ1n) is 5.92. The molecule has 1 atom stereocenters. The summed E-state index contributed by atoms with van der Waals surface area (Å²) in [5.41, 5.74) is 1.69. The molecule has 1 heterocycles. The van der Waals surface area contributed by atoms with Gasteiger partial charge in [-0.2, -0.15) is 8.78 Å². The molecule has 5 heteroatoms. The number of ether oxygens (including phenoxy) is 1. The van der Waals surface area contributed by atoms with Gasteiger partial charge < -0.3 is 14.5 Å². The summed E-state index contributed by atoms with van der Waals surface area (Å²) in [5, 5.41) is 3.10. The number of benzene rings is 1. The molecule has 0 aliphatic carbocycles. The molecule has 0 fully saturated rings. The van der Waals surface area contributed by atoms with E-state index in [1.54, 1.807) is 43.8 Å². The Kier molecular flexibility index (Phi) is 4.52. The van der Waals surface area contributed by atoms with Crippen molar-refractivity contribution in [3.05, 3.63) is 54.0 Å². The number of furan rings is 1. The molecule has 3 nitrogen and oxygen atoms in total. The maximum Gasteiger partial charge on any atom is 0.387 e. The van der Waals surface area contributed by atoms with E-state index in [9.17, 15) is 8.78 Å². The lowest BCUT2D eigenvalue weighted by Crippen LogP contribution is -2.20. The van der Waals surface area contributed by atoms with Gasteiger partial charge in [0.15, 0.2) is 0 Å². The van der Waals surface area contributed by atoms with Crippen LogP contribution in [-0.4, -0.2) is 13.7 Å². The predicted octanol–water partition coefficient (Wildman–Crippen LogP) is 3.38. The summed E-state index contributed by atoms with van der Waals surface area (Å²) >= 11 is 0.